The van der Waals surface area contributed by atoms with Gasteiger partial charge in [0, 0.05) is 51.0 Å². The van der Waals surface area contributed by atoms with E-state index in [9.17, 15) is 8.42 Å². The normalized spacial score (nSPS) is 21.8. The Balaban J connectivity index is 1.08. The highest BCUT2D eigenvalue weighted by molar-refractivity contribution is 7.89. The van der Waals surface area contributed by atoms with E-state index in [-0.39, 0.29) is 28.1 Å². The van der Waals surface area contributed by atoms with Crippen LogP contribution in [0.2, 0.25) is 0 Å². The lowest BCUT2D eigenvalue weighted by atomic mass is 9.86. The number of ether oxygens (including phenoxy) is 1. The lowest BCUT2D eigenvalue weighted by molar-refractivity contribution is 0.201. The maximum absolute atomic E-state index is 15.3. The molecule has 43 heavy (non-hydrogen) atoms. The summed E-state index contributed by atoms with van der Waals surface area (Å²) in [6.07, 6.45) is 6.47. The van der Waals surface area contributed by atoms with Crippen molar-refractivity contribution in [2.24, 2.45) is 11.3 Å². The summed E-state index contributed by atoms with van der Waals surface area (Å²) in [5.74, 6) is 0.495. The Labute approximate surface area is 248 Å². The second-order valence-electron chi connectivity index (χ2n) is 12.1. The first kappa shape index (κ1) is 28.1. The third-order valence-electron chi connectivity index (χ3n) is 8.60. The highest BCUT2D eigenvalue weighted by Gasteiger charge is 2.47. The molecule has 13 nitrogen and oxygen atoms in total. The topological polar surface area (TPSA) is 146 Å². The van der Waals surface area contributed by atoms with E-state index < -0.39 is 15.8 Å². The number of benzene rings is 1. The van der Waals surface area contributed by atoms with Gasteiger partial charge >= 0.3 is 0 Å². The van der Waals surface area contributed by atoms with Gasteiger partial charge in [0.1, 0.15) is 17.8 Å². The number of halogens is 1. The quantitative estimate of drug-likeness (QED) is 0.258. The molecule has 15 heteroatoms. The molecule has 3 fully saturated rings. The maximum atomic E-state index is 15.3. The molecule has 0 radical (unpaired) electrons. The zero-order valence-corrected chi connectivity index (χ0v) is 24.9. The van der Waals surface area contributed by atoms with Gasteiger partial charge in [0.2, 0.25) is 21.6 Å². The molecule has 3 saturated heterocycles. The average Bonchev–Trinajstić information content (AvgIpc) is 3.76. The summed E-state index contributed by atoms with van der Waals surface area (Å²) in [5, 5.41) is 17.3. The molecule has 3 aromatic heterocycles. The standard InChI is InChI=1S/C28H35FN10O3S/c1-18(2)42-25-24(20-12-32-33-13-20)31-17-39-26(25)35-27(36-39)34-23-4-3-21(9-22(23)29)43(40,41)38-8-6-28(16-38)5-7-37(15-28)14-19-10-30-11-19/h3-4,9,12-13,17-19,30H,5-8,10-11,14-16H2,1-2H3,(H,32,33)(H,34,36). The predicted octanol–water partition coefficient (Wildman–Crippen LogP) is 2.49. The van der Waals surface area contributed by atoms with Crippen molar-refractivity contribution in [2.45, 2.75) is 37.7 Å². The summed E-state index contributed by atoms with van der Waals surface area (Å²) in [7, 11) is -3.84. The summed E-state index contributed by atoms with van der Waals surface area (Å²) < 4.78 is 51.4. The van der Waals surface area contributed by atoms with Crippen molar-refractivity contribution >= 4 is 27.3 Å². The molecular weight excluding hydrogens is 575 g/mol. The van der Waals surface area contributed by atoms with Gasteiger partial charge in [-0.2, -0.15) is 18.9 Å². The second-order valence-corrected chi connectivity index (χ2v) is 14.1. The van der Waals surface area contributed by atoms with Crippen LogP contribution in [0.1, 0.15) is 26.7 Å². The number of aromatic nitrogens is 6. The van der Waals surface area contributed by atoms with Crippen LogP contribution in [0, 0.1) is 17.2 Å². The van der Waals surface area contributed by atoms with Gasteiger partial charge in [0.25, 0.3) is 0 Å². The zero-order chi connectivity index (χ0) is 29.8. The predicted molar refractivity (Wildman–Crippen MR) is 157 cm³/mol. The van der Waals surface area contributed by atoms with Crippen LogP contribution in [0.4, 0.5) is 16.0 Å². The average molecular weight is 611 g/mol. The zero-order valence-electron chi connectivity index (χ0n) is 24.1. The van der Waals surface area contributed by atoms with Gasteiger partial charge in [-0.25, -0.2) is 17.8 Å². The molecule has 3 aliphatic heterocycles. The van der Waals surface area contributed by atoms with Gasteiger partial charge in [-0.05, 0) is 62.8 Å². The molecule has 0 bridgehead atoms. The highest BCUT2D eigenvalue weighted by Crippen LogP contribution is 2.42. The first-order chi connectivity index (χ1) is 20.7. The Morgan fingerprint density at radius 2 is 2.05 bits per heavy atom. The SMILES string of the molecule is CC(C)Oc1c(-c2cn[nH]c2)ncn2nc(Nc3ccc(S(=O)(=O)N4CCC5(CCN(CC6CNC6)C5)C4)cc3F)nc12. The first-order valence-electron chi connectivity index (χ1n) is 14.6. The smallest absolute Gasteiger partial charge is 0.247 e. The van der Waals surface area contributed by atoms with Crippen molar-refractivity contribution in [1.29, 1.82) is 0 Å². The Hall–Kier alpha value is -3.66. The van der Waals surface area contributed by atoms with Gasteiger partial charge in [0.15, 0.2) is 5.75 Å². The molecule has 0 saturated carbocycles. The molecule has 228 valence electrons. The number of nitrogens with one attached hydrogen (secondary N) is 3. The van der Waals surface area contributed by atoms with E-state index in [1.807, 2.05) is 13.8 Å². The summed E-state index contributed by atoms with van der Waals surface area (Å²) in [6.45, 7) is 9.81. The number of rotatable bonds is 9. The van der Waals surface area contributed by atoms with Crippen LogP contribution in [0.3, 0.4) is 0 Å². The number of hydrogen-bond acceptors (Lipinski definition) is 10. The largest absolute Gasteiger partial charge is 0.485 e. The van der Waals surface area contributed by atoms with E-state index in [0.717, 1.165) is 57.2 Å². The number of aromatic amines is 1. The van der Waals surface area contributed by atoms with E-state index in [4.69, 9.17) is 4.74 Å². The molecule has 1 atom stereocenters. The summed E-state index contributed by atoms with van der Waals surface area (Å²) in [5.41, 5.74) is 1.68. The Kier molecular flexibility index (Phi) is 7.07. The molecule has 1 aromatic carbocycles. The van der Waals surface area contributed by atoms with Crippen molar-refractivity contribution in [3.05, 3.63) is 42.7 Å². The number of fused-ring (bicyclic) bond motifs is 1. The molecule has 7 rings (SSSR count). The second kappa shape index (κ2) is 10.8. The van der Waals surface area contributed by atoms with Gasteiger partial charge in [0.05, 0.1) is 22.9 Å². The van der Waals surface area contributed by atoms with Crippen molar-refractivity contribution in [2.75, 3.05) is 51.1 Å². The molecular formula is C28H35FN10O3S. The van der Waals surface area contributed by atoms with Gasteiger partial charge < -0.3 is 20.3 Å². The first-order valence-corrected chi connectivity index (χ1v) is 16.0. The molecule has 0 amide bonds. The van der Waals surface area contributed by atoms with Gasteiger partial charge in [-0.3, -0.25) is 5.10 Å². The van der Waals surface area contributed by atoms with Crippen LogP contribution < -0.4 is 15.4 Å². The number of likely N-dealkylation sites (tertiary alicyclic amines) is 1. The monoisotopic (exact) mass is 610 g/mol. The van der Waals surface area contributed by atoms with Crippen molar-refractivity contribution < 1.29 is 17.5 Å². The third kappa shape index (κ3) is 5.34. The minimum absolute atomic E-state index is 0.0243. The number of hydrogen-bond donors (Lipinski definition) is 3. The number of sulfonamides is 1. The Bertz CT molecular complexity index is 1740. The molecule has 4 aromatic rings. The lowest BCUT2D eigenvalue weighted by Crippen LogP contribution is -2.48. The lowest BCUT2D eigenvalue weighted by Gasteiger charge is -2.32. The Morgan fingerprint density at radius 1 is 1.21 bits per heavy atom. The molecule has 3 N–H and O–H groups in total. The molecule has 3 aliphatic rings. The fourth-order valence-corrected chi connectivity index (χ4v) is 7.87. The summed E-state index contributed by atoms with van der Waals surface area (Å²) in [4.78, 5) is 11.4. The van der Waals surface area contributed by atoms with E-state index in [1.165, 1.54) is 27.3 Å². The highest BCUT2D eigenvalue weighted by atomic mass is 32.2. The molecule has 0 aliphatic carbocycles. The van der Waals surface area contributed by atoms with E-state index in [0.29, 0.717) is 36.1 Å². The summed E-state index contributed by atoms with van der Waals surface area (Å²) in [6, 6.07) is 3.90. The molecule has 1 spiro atoms. The van der Waals surface area contributed by atoms with Crippen LogP contribution >= 0.6 is 0 Å². The molecule has 1 unspecified atom stereocenters. The Morgan fingerprint density at radius 3 is 2.77 bits per heavy atom. The van der Waals surface area contributed by atoms with Crippen LogP contribution in [-0.4, -0.2) is 99.3 Å². The fraction of sp³-hybridized carbons (Fsp3) is 0.500. The van der Waals surface area contributed by atoms with Crippen LogP contribution in [0.5, 0.6) is 5.75 Å². The molecule has 6 heterocycles. The van der Waals surface area contributed by atoms with Crippen molar-refractivity contribution in [1.82, 2.24) is 44.3 Å². The fourth-order valence-electron chi connectivity index (χ4n) is 6.30. The minimum Gasteiger partial charge on any atom is -0.485 e. The maximum Gasteiger partial charge on any atom is 0.247 e. The number of H-pyrrole nitrogens is 1. The van der Waals surface area contributed by atoms with E-state index >= 15 is 4.39 Å². The minimum atomic E-state index is -3.84. The van der Waals surface area contributed by atoms with E-state index in [2.05, 4.69) is 40.8 Å². The number of nitrogens with zero attached hydrogens (tertiary/aromatic N) is 7. The van der Waals surface area contributed by atoms with Gasteiger partial charge in [-0.15, -0.1) is 5.10 Å². The van der Waals surface area contributed by atoms with Crippen LogP contribution in [-0.2, 0) is 10.0 Å². The van der Waals surface area contributed by atoms with Crippen molar-refractivity contribution in [3.63, 3.8) is 0 Å². The van der Waals surface area contributed by atoms with Crippen LogP contribution in [0.15, 0.2) is 41.8 Å². The number of anilines is 2. The van der Waals surface area contributed by atoms with Crippen LogP contribution in [0.25, 0.3) is 16.9 Å². The van der Waals surface area contributed by atoms with Crippen molar-refractivity contribution in [3.8, 4) is 17.0 Å². The summed E-state index contributed by atoms with van der Waals surface area (Å²) >= 11 is 0. The van der Waals surface area contributed by atoms with E-state index in [1.54, 1.807) is 12.4 Å². The third-order valence-corrected chi connectivity index (χ3v) is 10.4. The van der Waals surface area contributed by atoms with Gasteiger partial charge in [-0.1, -0.05) is 0 Å².